The van der Waals surface area contributed by atoms with Crippen LogP contribution in [-0.4, -0.2) is 48.9 Å². The van der Waals surface area contributed by atoms with Crippen molar-refractivity contribution in [3.63, 3.8) is 0 Å². The van der Waals surface area contributed by atoms with Crippen molar-refractivity contribution in [1.29, 1.82) is 0 Å². The molecule has 0 spiro atoms. The summed E-state index contributed by atoms with van der Waals surface area (Å²) in [5.74, 6) is 0.163. The van der Waals surface area contributed by atoms with Gasteiger partial charge in [0.25, 0.3) is 0 Å². The summed E-state index contributed by atoms with van der Waals surface area (Å²) in [6.45, 7) is 2.43. The summed E-state index contributed by atoms with van der Waals surface area (Å²) in [4.78, 5) is 13.4. The van der Waals surface area contributed by atoms with Crippen LogP contribution < -0.4 is 5.73 Å². The van der Waals surface area contributed by atoms with E-state index in [1.54, 1.807) is 4.90 Å². The minimum atomic E-state index is -2.97. The van der Waals surface area contributed by atoms with Crippen LogP contribution in [0.1, 0.15) is 19.8 Å². The Hall–Kier alpha value is -0.620. The average Bonchev–Trinajstić information content (AvgIpc) is 2.57. The van der Waals surface area contributed by atoms with E-state index in [2.05, 4.69) is 0 Å². The first-order valence-electron chi connectivity index (χ1n) is 5.12. The predicted molar refractivity (Wildman–Crippen MR) is 56.0 cm³/mol. The third kappa shape index (κ3) is 1.76. The summed E-state index contributed by atoms with van der Waals surface area (Å²) in [5, 5.41) is 0. The van der Waals surface area contributed by atoms with Crippen molar-refractivity contribution in [2.45, 2.75) is 31.3 Å². The van der Waals surface area contributed by atoms with Gasteiger partial charge in [-0.3, -0.25) is 4.79 Å². The van der Waals surface area contributed by atoms with Crippen LogP contribution in [0.4, 0.5) is 0 Å². The highest BCUT2D eigenvalue weighted by Gasteiger charge is 2.47. The molecule has 1 amide bonds. The maximum atomic E-state index is 11.7. The molecule has 0 bridgehead atoms. The van der Waals surface area contributed by atoms with E-state index in [0.717, 1.165) is 0 Å². The van der Waals surface area contributed by atoms with Crippen molar-refractivity contribution in [2.75, 3.05) is 18.1 Å². The summed E-state index contributed by atoms with van der Waals surface area (Å²) in [7, 11) is -2.97. The van der Waals surface area contributed by atoms with Gasteiger partial charge in [0.1, 0.15) is 0 Å². The fourth-order valence-corrected chi connectivity index (χ4v) is 4.59. The largest absolute Gasteiger partial charge is 0.335 e. The number of sulfone groups is 1. The Morgan fingerprint density at radius 3 is 2.60 bits per heavy atom. The van der Waals surface area contributed by atoms with Gasteiger partial charge in [-0.1, -0.05) is 0 Å². The van der Waals surface area contributed by atoms with Gasteiger partial charge in [-0.2, -0.15) is 0 Å². The van der Waals surface area contributed by atoms with Crippen molar-refractivity contribution in [3.8, 4) is 0 Å². The Balaban J connectivity index is 2.22. The Labute approximate surface area is 89.5 Å². The standard InChI is InChI=1S/C9H16N2O3S/c1-9(3-5-15(13,14)6-9)11-4-2-7(10)8(11)12/h7H,2-6,10H2,1H3. The quantitative estimate of drug-likeness (QED) is 0.637. The van der Waals surface area contributed by atoms with Gasteiger partial charge in [0, 0.05) is 6.54 Å². The molecular weight excluding hydrogens is 216 g/mol. The Morgan fingerprint density at radius 1 is 1.53 bits per heavy atom. The second kappa shape index (κ2) is 3.18. The van der Waals surface area contributed by atoms with Gasteiger partial charge >= 0.3 is 0 Å². The lowest BCUT2D eigenvalue weighted by Crippen LogP contribution is -2.50. The zero-order valence-corrected chi connectivity index (χ0v) is 9.59. The molecule has 0 radical (unpaired) electrons. The fraction of sp³-hybridized carbons (Fsp3) is 0.889. The molecule has 2 rings (SSSR count). The highest BCUT2D eigenvalue weighted by Crippen LogP contribution is 2.32. The maximum absolute atomic E-state index is 11.7. The molecule has 2 atom stereocenters. The molecule has 5 nitrogen and oxygen atoms in total. The first-order chi connectivity index (χ1) is 6.84. The van der Waals surface area contributed by atoms with Crippen LogP contribution in [0.2, 0.25) is 0 Å². The zero-order chi connectivity index (χ0) is 11.3. The van der Waals surface area contributed by atoms with Crippen LogP contribution >= 0.6 is 0 Å². The van der Waals surface area contributed by atoms with Gasteiger partial charge in [0.05, 0.1) is 23.1 Å². The molecule has 2 N–H and O–H groups in total. The van der Waals surface area contributed by atoms with Crippen LogP contribution in [0.3, 0.4) is 0 Å². The minimum absolute atomic E-state index is 0.0818. The second-order valence-electron chi connectivity index (χ2n) is 4.72. The number of carbonyl (C=O) groups is 1. The third-order valence-electron chi connectivity index (χ3n) is 3.38. The fourth-order valence-electron chi connectivity index (χ4n) is 2.44. The summed E-state index contributed by atoms with van der Waals surface area (Å²) < 4.78 is 22.8. The third-order valence-corrected chi connectivity index (χ3v) is 5.27. The average molecular weight is 232 g/mol. The second-order valence-corrected chi connectivity index (χ2v) is 6.91. The van der Waals surface area contributed by atoms with Crippen molar-refractivity contribution in [2.24, 2.45) is 5.73 Å². The number of rotatable bonds is 1. The van der Waals surface area contributed by atoms with E-state index in [-0.39, 0.29) is 17.4 Å². The van der Waals surface area contributed by atoms with Crippen molar-refractivity contribution < 1.29 is 13.2 Å². The number of carbonyl (C=O) groups excluding carboxylic acids is 1. The molecule has 6 heteroatoms. The lowest BCUT2D eigenvalue weighted by atomic mass is 10.00. The van der Waals surface area contributed by atoms with E-state index in [1.165, 1.54) is 0 Å². The molecule has 0 aromatic carbocycles. The van der Waals surface area contributed by atoms with Crippen LogP contribution in [0.25, 0.3) is 0 Å². The van der Waals surface area contributed by atoms with Crippen LogP contribution in [0.5, 0.6) is 0 Å². The molecule has 2 aliphatic heterocycles. The highest BCUT2D eigenvalue weighted by atomic mass is 32.2. The summed E-state index contributed by atoms with van der Waals surface area (Å²) in [6, 6.07) is -0.440. The number of hydrogen-bond donors (Lipinski definition) is 1. The smallest absolute Gasteiger partial charge is 0.240 e. The predicted octanol–water partition coefficient (Wildman–Crippen LogP) is -0.877. The van der Waals surface area contributed by atoms with E-state index < -0.39 is 21.4 Å². The molecule has 2 saturated heterocycles. The molecule has 15 heavy (non-hydrogen) atoms. The van der Waals surface area contributed by atoms with E-state index in [0.29, 0.717) is 19.4 Å². The summed E-state index contributed by atoms with van der Waals surface area (Å²) in [5.41, 5.74) is 5.10. The number of nitrogens with two attached hydrogens (primary N) is 1. The molecule has 0 aromatic rings. The van der Waals surface area contributed by atoms with Gasteiger partial charge in [-0.15, -0.1) is 0 Å². The number of likely N-dealkylation sites (tertiary alicyclic amines) is 1. The maximum Gasteiger partial charge on any atom is 0.240 e. The zero-order valence-electron chi connectivity index (χ0n) is 8.77. The van der Waals surface area contributed by atoms with E-state index >= 15 is 0 Å². The van der Waals surface area contributed by atoms with E-state index in [1.807, 2.05) is 6.92 Å². The molecular formula is C9H16N2O3S. The normalized spacial score (nSPS) is 40.0. The highest BCUT2D eigenvalue weighted by molar-refractivity contribution is 7.91. The van der Waals surface area contributed by atoms with E-state index in [4.69, 9.17) is 5.73 Å². The van der Waals surface area contributed by atoms with Crippen LogP contribution in [0.15, 0.2) is 0 Å². The number of amides is 1. The molecule has 2 aliphatic rings. The first-order valence-corrected chi connectivity index (χ1v) is 6.94. The minimum Gasteiger partial charge on any atom is -0.335 e. The summed E-state index contributed by atoms with van der Waals surface area (Å²) >= 11 is 0. The molecule has 0 saturated carbocycles. The topological polar surface area (TPSA) is 80.5 Å². The first kappa shape index (κ1) is 10.9. The Bertz CT molecular complexity index is 392. The molecule has 2 unspecified atom stereocenters. The van der Waals surface area contributed by atoms with Gasteiger partial charge in [-0.05, 0) is 19.8 Å². The molecule has 2 heterocycles. The van der Waals surface area contributed by atoms with E-state index in [9.17, 15) is 13.2 Å². The Kier molecular flexibility index (Phi) is 2.31. The van der Waals surface area contributed by atoms with Gasteiger partial charge in [-0.25, -0.2) is 8.42 Å². The SMILES string of the molecule is CC1(N2CCC(N)C2=O)CCS(=O)(=O)C1. The molecule has 0 aliphatic carbocycles. The van der Waals surface area contributed by atoms with Crippen molar-refractivity contribution in [3.05, 3.63) is 0 Å². The van der Waals surface area contributed by atoms with Crippen LogP contribution in [-0.2, 0) is 14.6 Å². The molecule has 86 valence electrons. The van der Waals surface area contributed by atoms with Gasteiger partial charge in [0.2, 0.25) is 5.91 Å². The lowest BCUT2D eigenvalue weighted by molar-refractivity contribution is -0.133. The van der Waals surface area contributed by atoms with Crippen LogP contribution in [0, 0.1) is 0 Å². The van der Waals surface area contributed by atoms with Gasteiger partial charge in [0.15, 0.2) is 9.84 Å². The number of hydrogen-bond acceptors (Lipinski definition) is 4. The summed E-state index contributed by atoms with van der Waals surface area (Å²) in [6.07, 6.45) is 1.17. The van der Waals surface area contributed by atoms with Gasteiger partial charge < -0.3 is 10.6 Å². The molecule has 2 fully saturated rings. The van der Waals surface area contributed by atoms with Crippen molar-refractivity contribution in [1.82, 2.24) is 4.90 Å². The van der Waals surface area contributed by atoms with Crippen molar-refractivity contribution >= 4 is 15.7 Å². The lowest BCUT2D eigenvalue weighted by Gasteiger charge is -2.34. The molecule has 0 aromatic heterocycles. The number of nitrogens with zero attached hydrogens (tertiary/aromatic N) is 1. The Morgan fingerprint density at radius 2 is 2.20 bits per heavy atom. The monoisotopic (exact) mass is 232 g/mol.